The Kier molecular flexibility index (Phi) is 7.67. The van der Waals surface area contributed by atoms with Gasteiger partial charge in [-0.25, -0.2) is 14.2 Å². The lowest BCUT2D eigenvalue weighted by atomic mass is 10.2. The zero-order chi connectivity index (χ0) is 18.8. The van der Waals surface area contributed by atoms with Crippen LogP contribution in [0.25, 0.3) is 0 Å². The van der Waals surface area contributed by atoms with E-state index in [-0.39, 0.29) is 11.8 Å². The Balaban J connectivity index is 1.66. The van der Waals surface area contributed by atoms with Crippen molar-refractivity contribution in [2.75, 3.05) is 31.1 Å². The van der Waals surface area contributed by atoms with Crippen LogP contribution < -0.4 is 20.3 Å². The Morgan fingerprint density at radius 1 is 1.12 bits per heavy atom. The molecule has 2 N–H and O–H groups in total. The van der Waals surface area contributed by atoms with Crippen molar-refractivity contribution in [3.05, 3.63) is 54.0 Å². The van der Waals surface area contributed by atoms with Gasteiger partial charge in [-0.05, 0) is 49.7 Å². The molecular formula is C19H25FN4O2. The average Bonchev–Trinajstić information content (AvgIpc) is 2.67. The van der Waals surface area contributed by atoms with E-state index in [1.807, 2.05) is 12.1 Å². The molecule has 0 saturated carbocycles. The Hall–Kier alpha value is -2.83. The first-order valence-corrected chi connectivity index (χ1v) is 8.72. The molecule has 0 saturated heterocycles. The van der Waals surface area contributed by atoms with Gasteiger partial charge in [0.15, 0.2) is 0 Å². The molecule has 0 spiro atoms. The second kappa shape index (κ2) is 10.2. The van der Waals surface area contributed by atoms with Gasteiger partial charge in [0.25, 0.3) is 0 Å². The van der Waals surface area contributed by atoms with Crippen molar-refractivity contribution in [2.24, 2.45) is 0 Å². The van der Waals surface area contributed by atoms with E-state index in [2.05, 4.69) is 34.4 Å². The zero-order valence-electron chi connectivity index (χ0n) is 15.2. The first-order valence-electron chi connectivity index (χ1n) is 8.72. The number of amides is 2. The molecule has 0 unspecified atom stereocenters. The summed E-state index contributed by atoms with van der Waals surface area (Å²) in [5, 5.41) is 5.48. The minimum absolute atomic E-state index is 0.277. The molecule has 0 bridgehead atoms. The van der Waals surface area contributed by atoms with E-state index < -0.39 is 0 Å². The number of carbonyl (C=O) groups excluding carboxylic acids is 1. The van der Waals surface area contributed by atoms with Crippen molar-refractivity contribution < 1.29 is 13.9 Å². The van der Waals surface area contributed by atoms with Gasteiger partial charge >= 0.3 is 6.03 Å². The molecule has 1 aromatic heterocycles. The van der Waals surface area contributed by atoms with E-state index in [0.717, 1.165) is 24.5 Å². The third-order valence-electron chi connectivity index (χ3n) is 3.82. The largest absolute Gasteiger partial charge is 0.492 e. The molecule has 140 valence electrons. The van der Waals surface area contributed by atoms with Crippen molar-refractivity contribution in [1.29, 1.82) is 0 Å². The number of rotatable bonds is 9. The Morgan fingerprint density at radius 3 is 2.46 bits per heavy atom. The molecule has 1 heterocycles. The number of pyridine rings is 1. The predicted molar refractivity (Wildman–Crippen MR) is 99.9 cm³/mol. The van der Waals surface area contributed by atoms with Crippen LogP contribution in [0.15, 0.2) is 42.6 Å². The number of benzene rings is 1. The van der Waals surface area contributed by atoms with Crippen molar-refractivity contribution in [3.63, 3.8) is 0 Å². The number of nitrogens with zero attached hydrogens (tertiary/aromatic N) is 2. The molecule has 6 nitrogen and oxygen atoms in total. The van der Waals surface area contributed by atoms with Crippen molar-refractivity contribution in [1.82, 2.24) is 15.6 Å². The standard InChI is InChI=1S/C19H25FN4O2/c1-3-24(4-2)18-10-5-15(13-22-18)14-23-19(25)21-11-12-26-17-8-6-16(20)7-9-17/h5-10,13H,3-4,11-12,14H2,1-2H3,(H2,21,23,25). The third-order valence-corrected chi connectivity index (χ3v) is 3.82. The molecule has 2 rings (SSSR count). The van der Waals surface area contributed by atoms with Gasteiger partial charge in [0.1, 0.15) is 24.0 Å². The Bertz CT molecular complexity index is 673. The monoisotopic (exact) mass is 360 g/mol. The summed E-state index contributed by atoms with van der Waals surface area (Å²) in [4.78, 5) is 18.4. The third kappa shape index (κ3) is 6.23. The van der Waals surface area contributed by atoms with Crippen LogP contribution in [0.4, 0.5) is 15.0 Å². The van der Waals surface area contributed by atoms with Crippen LogP contribution in [-0.4, -0.2) is 37.3 Å². The molecule has 0 atom stereocenters. The summed E-state index contributed by atoms with van der Waals surface area (Å²) in [7, 11) is 0. The summed E-state index contributed by atoms with van der Waals surface area (Å²) < 4.78 is 18.2. The molecule has 26 heavy (non-hydrogen) atoms. The predicted octanol–water partition coefficient (Wildman–Crippen LogP) is 2.95. The van der Waals surface area contributed by atoms with Gasteiger partial charge in [-0.2, -0.15) is 0 Å². The van der Waals surface area contributed by atoms with Gasteiger partial charge in [0.2, 0.25) is 0 Å². The molecule has 0 aliphatic heterocycles. The molecule has 0 aliphatic carbocycles. The van der Waals surface area contributed by atoms with Gasteiger partial charge < -0.3 is 20.3 Å². The van der Waals surface area contributed by atoms with E-state index in [0.29, 0.717) is 25.4 Å². The van der Waals surface area contributed by atoms with Crippen LogP contribution >= 0.6 is 0 Å². The maximum Gasteiger partial charge on any atom is 0.315 e. The van der Waals surface area contributed by atoms with E-state index >= 15 is 0 Å². The molecule has 0 radical (unpaired) electrons. The van der Waals surface area contributed by atoms with Gasteiger partial charge in [-0.1, -0.05) is 6.07 Å². The number of urea groups is 1. The lowest BCUT2D eigenvalue weighted by Crippen LogP contribution is -2.37. The fourth-order valence-corrected chi connectivity index (χ4v) is 2.37. The zero-order valence-corrected chi connectivity index (χ0v) is 15.2. The lowest BCUT2D eigenvalue weighted by Gasteiger charge is -2.19. The van der Waals surface area contributed by atoms with Crippen LogP contribution in [-0.2, 0) is 6.54 Å². The van der Waals surface area contributed by atoms with Crippen LogP contribution in [0.2, 0.25) is 0 Å². The van der Waals surface area contributed by atoms with Crippen LogP contribution in [0.5, 0.6) is 5.75 Å². The number of carbonyl (C=O) groups is 1. The number of nitrogens with one attached hydrogen (secondary N) is 2. The lowest BCUT2D eigenvalue weighted by molar-refractivity contribution is 0.236. The molecule has 2 amide bonds. The summed E-state index contributed by atoms with van der Waals surface area (Å²) in [6, 6.07) is 9.39. The highest BCUT2D eigenvalue weighted by atomic mass is 19.1. The highest BCUT2D eigenvalue weighted by Gasteiger charge is 2.04. The second-order valence-corrected chi connectivity index (χ2v) is 5.61. The summed E-state index contributed by atoms with van der Waals surface area (Å²) in [5.74, 6) is 1.18. The molecule has 7 heteroatoms. The maximum absolute atomic E-state index is 12.8. The minimum atomic E-state index is -0.311. The van der Waals surface area contributed by atoms with Gasteiger partial charge in [0.05, 0.1) is 6.54 Å². The van der Waals surface area contributed by atoms with Crippen molar-refractivity contribution in [3.8, 4) is 5.75 Å². The Morgan fingerprint density at radius 2 is 1.85 bits per heavy atom. The number of halogens is 1. The van der Waals surface area contributed by atoms with Crippen LogP contribution in [0.3, 0.4) is 0 Å². The fourth-order valence-electron chi connectivity index (χ4n) is 2.37. The van der Waals surface area contributed by atoms with Gasteiger partial charge in [0, 0.05) is 25.8 Å². The fraction of sp³-hybridized carbons (Fsp3) is 0.368. The van der Waals surface area contributed by atoms with Gasteiger partial charge in [-0.3, -0.25) is 0 Å². The topological polar surface area (TPSA) is 66.5 Å². The molecule has 2 aromatic rings. The quantitative estimate of drug-likeness (QED) is 0.675. The molecule has 1 aromatic carbocycles. The molecule has 0 fully saturated rings. The smallest absolute Gasteiger partial charge is 0.315 e. The number of anilines is 1. The number of hydrogen-bond acceptors (Lipinski definition) is 4. The Labute approximate surface area is 153 Å². The van der Waals surface area contributed by atoms with Crippen molar-refractivity contribution in [2.45, 2.75) is 20.4 Å². The normalized spacial score (nSPS) is 10.3. The van der Waals surface area contributed by atoms with E-state index in [1.165, 1.54) is 12.1 Å². The first-order chi connectivity index (χ1) is 12.6. The summed E-state index contributed by atoms with van der Waals surface area (Å²) in [5.41, 5.74) is 0.929. The van der Waals surface area contributed by atoms with Crippen LogP contribution in [0, 0.1) is 5.82 Å². The SMILES string of the molecule is CCN(CC)c1ccc(CNC(=O)NCCOc2ccc(F)cc2)cn1. The average molecular weight is 360 g/mol. The second-order valence-electron chi connectivity index (χ2n) is 5.61. The number of ether oxygens (including phenoxy) is 1. The summed E-state index contributed by atoms with van der Waals surface area (Å²) in [6.45, 7) is 7.04. The molecular weight excluding hydrogens is 335 g/mol. The molecule has 0 aliphatic rings. The summed E-state index contributed by atoms with van der Waals surface area (Å²) in [6.07, 6.45) is 1.77. The first kappa shape index (κ1) is 19.5. The maximum atomic E-state index is 12.8. The van der Waals surface area contributed by atoms with Crippen LogP contribution in [0.1, 0.15) is 19.4 Å². The number of aromatic nitrogens is 1. The van der Waals surface area contributed by atoms with Gasteiger partial charge in [-0.15, -0.1) is 0 Å². The summed E-state index contributed by atoms with van der Waals surface area (Å²) >= 11 is 0. The van der Waals surface area contributed by atoms with Crippen molar-refractivity contribution >= 4 is 11.8 Å². The van der Waals surface area contributed by atoms with E-state index in [9.17, 15) is 9.18 Å². The highest BCUT2D eigenvalue weighted by molar-refractivity contribution is 5.73. The van der Waals surface area contributed by atoms with E-state index in [4.69, 9.17) is 4.74 Å². The number of hydrogen-bond donors (Lipinski definition) is 2. The minimum Gasteiger partial charge on any atom is -0.492 e. The van der Waals surface area contributed by atoms with E-state index in [1.54, 1.807) is 18.3 Å². The highest BCUT2D eigenvalue weighted by Crippen LogP contribution is 2.11.